The van der Waals surface area contributed by atoms with Gasteiger partial charge in [0.2, 0.25) is 10.0 Å². The van der Waals surface area contributed by atoms with E-state index in [9.17, 15) is 8.42 Å². The van der Waals surface area contributed by atoms with Crippen LogP contribution in [-0.4, -0.2) is 20.1 Å². The van der Waals surface area contributed by atoms with Gasteiger partial charge in [-0.3, -0.25) is 0 Å². The highest BCUT2D eigenvalue weighted by atomic mass is 32.2. The van der Waals surface area contributed by atoms with Crippen LogP contribution in [0, 0.1) is 0 Å². The Morgan fingerprint density at radius 2 is 1.70 bits per heavy atom. The molecule has 6 nitrogen and oxygen atoms in total. The Morgan fingerprint density at radius 1 is 1.04 bits per heavy atom. The van der Waals surface area contributed by atoms with Crippen molar-refractivity contribution < 1.29 is 12.9 Å². The number of benzene rings is 2. The number of aromatic nitrogens is 1. The van der Waals surface area contributed by atoms with E-state index in [0.29, 0.717) is 17.2 Å². The average molecular weight is 385 g/mol. The molecule has 142 valence electrons. The Kier molecular flexibility index (Phi) is 5.74. The first kappa shape index (κ1) is 19.3. The number of nitrogens with two attached hydrogens (primary N) is 1. The fourth-order valence-corrected chi connectivity index (χ4v) is 4.05. The van der Waals surface area contributed by atoms with Crippen molar-refractivity contribution in [2.24, 2.45) is 5.73 Å². The standard InChI is InChI=1S/C20H23N3O3S/c1-14(2)15-7-9-16(10-8-15)18(21)13-23-27(24,25)20-6-4-3-5-17(20)19-11-12-22-26-19/h3-12,14,18,23H,13,21H2,1-2H3. The van der Waals surface area contributed by atoms with Gasteiger partial charge in [0.1, 0.15) is 0 Å². The number of nitrogens with one attached hydrogen (secondary N) is 1. The van der Waals surface area contributed by atoms with Gasteiger partial charge in [-0.15, -0.1) is 0 Å². The van der Waals surface area contributed by atoms with Crippen molar-refractivity contribution in [1.29, 1.82) is 0 Å². The first-order valence-electron chi connectivity index (χ1n) is 8.73. The fraction of sp³-hybridized carbons (Fsp3) is 0.250. The van der Waals surface area contributed by atoms with E-state index >= 15 is 0 Å². The number of sulfonamides is 1. The van der Waals surface area contributed by atoms with Crippen molar-refractivity contribution in [2.75, 3.05) is 6.54 Å². The highest BCUT2D eigenvalue weighted by molar-refractivity contribution is 7.89. The summed E-state index contributed by atoms with van der Waals surface area (Å²) in [5.41, 5.74) is 8.74. The molecule has 3 N–H and O–H groups in total. The summed E-state index contributed by atoms with van der Waals surface area (Å²) in [6, 6.07) is 15.7. The summed E-state index contributed by atoms with van der Waals surface area (Å²) in [7, 11) is -3.76. The molecule has 0 spiro atoms. The van der Waals surface area contributed by atoms with E-state index in [1.54, 1.807) is 24.3 Å². The van der Waals surface area contributed by atoms with Crippen LogP contribution < -0.4 is 10.5 Å². The van der Waals surface area contributed by atoms with Gasteiger partial charge in [0.05, 0.1) is 11.1 Å². The molecule has 0 bridgehead atoms. The van der Waals surface area contributed by atoms with Gasteiger partial charge in [0.25, 0.3) is 0 Å². The zero-order chi connectivity index (χ0) is 19.4. The zero-order valence-electron chi connectivity index (χ0n) is 15.3. The van der Waals surface area contributed by atoms with E-state index in [-0.39, 0.29) is 11.4 Å². The van der Waals surface area contributed by atoms with Crippen molar-refractivity contribution in [3.63, 3.8) is 0 Å². The molecule has 1 heterocycles. The van der Waals surface area contributed by atoms with Crippen molar-refractivity contribution >= 4 is 10.0 Å². The predicted octanol–water partition coefficient (Wildman–Crippen LogP) is 3.44. The molecule has 2 aromatic carbocycles. The summed E-state index contributed by atoms with van der Waals surface area (Å²) in [6.07, 6.45) is 1.48. The Labute approximate surface area is 159 Å². The summed E-state index contributed by atoms with van der Waals surface area (Å²) < 4.78 is 33.3. The third kappa shape index (κ3) is 4.44. The molecule has 1 aromatic heterocycles. The molecule has 1 unspecified atom stereocenters. The lowest BCUT2D eigenvalue weighted by Crippen LogP contribution is -2.32. The van der Waals surface area contributed by atoms with Crippen molar-refractivity contribution in [2.45, 2.75) is 30.7 Å². The van der Waals surface area contributed by atoms with Gasteiger partial charge >= 0.3 is 0 Å². The minimum Gasteiger partial charge on any atom is -0.356 e. The summed E-state index contributed by atoms with van der Waals surface area (Å²) in [6.45, 7) is 4.33. The minimum absolute atomic E-state index is 0.0914. The van der Waals surface area contributed by atoms with Crippen LogP contribution in [0.25, 0.3) is 11.3 Å². The van der Waals surface area contributed by atoms with Crippen LogP contribution in [0.3, 0.4) is 0 Å². The smallest absolute Gasteiger partial charge is 0.241 e. The fourth-order valence-electron chi connectivity index (χ4n) is 2.78. The van der Waals surface area contributed by atoms with Gasteiger partial charge in [-0.25, -0.2) is 13.1 Å². The van der Waals surface area contributed by atoms with Crippen molar-refractivity contribution in [3.05, 3.63) is 71.9 Å². The molecule has 27 heavy (non-hydrogen) atoms. The molecule has 0 saturated heterocycles. The molecule has 0 aliphatic heterocycles. The van der Waals surface area contributed by atoms with Gasteiger partial charge in [-0.1, -0.05) is 55.4 Å². The van der Waals surface area contributed by atoms with Crippen LogP contribution in [-0.2, 0) is 10.0 Å². The Morgan fingerprint density at radius 3 is 2.33 bits per heavy atom. The zero-order valence-corrected chi connectivity index (χ0v) is 16.1. The first-order valence-corrected chi connectivity index (χ1v) is 10.2. The maximum absolute atomic E-state index is 12.8. The second kappa shape index (κ2) is 8.04. The molecule has 0 fully saturated rings. The summed E-state index contributed by atoms with van der Waals surface area (Å²) in [4.78, 5) is 0.129. The second-order valence-corrected chi connectivity index (χ2v) is 8.39. The molecule has 0 aliphatic carbocycles. The highest BCUT2D eigenvalue weighted by Gasteiger charge is 2.21. The molecule has 0 saturated carbocycles. The highest BCUT2D eigenvalue weighted by Crippen LogP contribution is 2.27. The molecule has 1 atom stereocenters. The first-order chi connectivity index (χ1) is 12.9. The van der Waals surface area contributed by atoms with Crippen LogP contribution >= 0.6 is 0 Å². The lowest BCUT2D eigenvalue weighted by atomic mass is 9.99. The number of rotatable bonds is 7. The third-order valence-electron chi connectivity index (χ3n) is 4.40. The van der Waals surface area contributed by atoms with Crippen LogP contribution in [0.5, 0.6) is 0 Å². The predicted molar refractivity (Wildman–Crippen MR) is 105 cm³/mol. The maximum Gasteiger partial charge on any atom is 0.241 e. The SMILES string of the molecule is CC(C)c1ccc(C(N)CNS(=O)(=O)c2ccccc2-c2ccno2)cc1. The van der Waals surface area contributed by atoms with Crippen LogP contribution in [0.15, 0.2) is 70.2 Å². The van der Waals surface area contributed by atoms with E-state index in [4.69, 9.17) is 10.3 Å². The van der Waals surface area contributed by atoms with Crippen LogP contribution in [0.4, 0.5) is 0 Å². The average Bonchev–Trinajstić information content (AvgIpc) is 3.21. The number of nitrogens with zero attached hydrogens (tertiary/aromatic N) is 1. The minimum atomic E-state index is -3.76. The molecule has 3 aromatic rings. The van der Waals surface area contributed by atoms with E-state index in [1.807, 2.05) is 24.3 Å². The number of hydrogen-bond donors (Lipinski definition) is 2. The number of hydrogen-bond acceptors (Lipinski definition) is 5. The molecule has 0 aliphatic rings. The monoisotopic (exact) mass is 385 g/mol. The molecular weight excluding hydrogens is 362 g/mol. The van der Waals surface area contributed by atoms with E-state index in [0.717, 1.165) is 5.56 Å². The van der Waals surface area contributed by atoms with E-state index in [1.165, 1.54) is 17.8 Å². The molecular formula is C20H23N3O3S. The summed E-state index contributed by atoms with van der Waals surface area (Å²) >= 11 is 0. The summed E-state index contributed by atoms with van der Waals surface area (Å²) in [5, 5.41) is 3.64. The third-order valence-corrected chi connectivity index (χ3v) is 5.89. The van der Waals surface area contributed by atoms with Gasteiger partial charge in [0.15, 0.2) is 5.76 Å². The van der Waals surface area contributed by atoms with E-state index < -0.39 is 16.1 Å². The maximum atomic E-state index is 12.8. The topological polar surface area (TPSA) is 98.2 Å². The molecule has 7 heteroatoms. The van der Waals surface area contributed by atoms with Gasteiger partial charge in [-0.2, -0.15) is 0 Å². The largest absolute Gasteiger partial charge is 0.356 e. The van der Waals surface area contributed by atoms with Crippen molar-refractivity contribution in [1.82, 2.24) is 9.88 Å². The molecule has 0 radical (unpaired) electrons. The van der Waals surface area contributed by atoms with Gasteiger partial charge < -0.3 is 10.3 Å². The lowest BCUT2D eigenvalue weighted by molar-refractivity contribution is 0.431. The lowest BCUT2D eigenvalue weighted by Gasteiger charge is -2.15. The summed E-state index contributed by atoms with van der Waals surface area (Å²) in [5.74, 6) is 0.825. The van der Waals surface area contributed by atoms with Gasteiger partial charge in [-0.05, 0) is 29.2 Å². The molecule has 0 amide bonds. The normalized spacial score (nSPS) is 13.0. The van der Waals surface area contributed by atoms with Crippen LogP contribution in [0.2, 0.25) is 0 Å². The van der Waals surface area contributed by atoms with E-state index in [2.05, 4.69) is 23.7 Å². The Balaban J connectivity index is 1.76. The van der Waals surface area contributed by atoms with Crippen LogP contribution in [0.1, 0.15) is 36.9 Å². The Bertz CT molecular complexity index is 982. The Hall–Kier alpha value is -2.48. The van der Waals surface area contributed by atoms with Crippen molar-refractivity contribution in [3.8, 4) is 11.3 Å². The van der Waals surface area contributed by atoms with Gasteiger partial charge in [0, 0.05) is 24.2 Å². The quantitative estimate of drug-likeness (QED) is 0.649. The molecule has 3 rings (SSSR count). The second-order valence-electron chi connectivity index (χ2n) is 6.65.